The number of amides is 1. The minimum atomic E-state index is -0.751. The fourth-order valence-electron chi connectivity index (χ4n) is 3.47. The summed E-state index contributed by atoms with van der Waals surface area (Å²) in [7, 11) is 1.28. The SMILES string of the molecule is COC(=O)[C@@H]1C[C@@H](Oc2ccccc2F)CN1C(=O)CCc1c(C)noc1C. The van der Waals surface area contributed by atoms with Crippen LogP contribution in [0.1, 0.15) is 29.9 Å². The van der Waals surface area contributed by atoms with E-state index in [4.69, 9.17) is 14.0 Å². The van der Waals surface area contributed by atoms with Crippen molar-refractivity contribution in [2.45, 2.75) is 45.3 Å². The van der Waals surface area contributed by atoms with Gasteiger partial charge in [-0.25, -0.2) is 9.18 Å². The van der Waals surface area contributed by atoms with Gasteiger partial charge >= 0.3 is 5.97 Å². The lowest BCUT2D eigenvalue weighted by molar-refractivity contribution is -0.150. The monoisotopic (exact) mass is 390 g/mol. The maximum Gasteiger partial charge on any atom is 0.328 e. The summed E-state index contributed by atoms with van der Waals surface area (Å²) < 4.78 is 29.5. The van der Waals surface area contributed by atoms with Gasteiger partial charge in [-0.2, -0.15) is 0 Å². The molecule has 7 nitrogen and oxygen atoms in total. The van der Waals surface area contributed by atoms with Crippen LogP contribution in [0.4, 0.5) is 4.39 Å². The molecule has 0 unspecified atom stereocenters. The molecule has 1 fully saturated rings. The molecular formula is C20H23FN2O5. The maximum absolute atomic E-state index is 13.9. The second-order valence-electron chi connectivity index (χ2n) is 6.79. The van der Waals surface area contributed by atoms with Gasteiger partial charge in [-0.3, -0.25) is 4.79 Å². The Morgan fingerprint density at radius 2 is 2.07 bits per heavy atom. The predicted molar refractivity (Wildman–Crippen MR) is 97.2 cm³/mol. The summed E-state index contributed by atoms with van der Waals surface area (Å²) >= 11 is 0. The summed E-state index contributed by atoms with van der Waals surface area (Å²) in [5.74, 6) is -0.418. The number of likely N-dealkylation sites (tertiary alicyclic amines) is 1. The van der Waals surface area contributed by atoms with Gasteiger partial charge in [-0.05, 0) is 32.4 Å². The lowest BCUT2D eigenvalue weighted by Crippen LogP contribution is -2.41. The quantitative estimate of drug-likeness (QED) is 0.705. The number of aromatic nitrogens is 1. The second-order valence-corrected chi connectivity index (χ2v) is 6.79. The molecule has 2 atom stereocenters. The number of para-hydroxylation sites is 1. The fraction of sp³-hybridized carbons (Fsp3) is 0.450. The first kappa shape index (κ1) is 19.9. The number of ether oxygens (including phenoxy) is 2. The second kappa shape index (κ2) is 8.41. The number of halogens is 1. The van der Waals surface area contributed by atoms with Crippen LogP contribution in [-0.4, -0.2) is 47.7 Å². The Labute approximate surface area is 162 Å². The van der Waals surface area contributed by atoms with E-state index >= 15 is 0 Å². The van der Waals surface area contributed by atoms with Gasteiger partial charge in [-0.15, -0.1) is 0 Å². The molecule has 0 spiro atoms. The topological polar surface area (TPSA) is 81.9 Å². The predicted octanol–water partition coefficient (Wildman–Crippen LogP) is 2.58. The number of hydrogen-bond acceptors (Lipinski definition) is 6. The van der Waals surface area contributed by atoms with Crippen molar-refractivity contribution < 1.29 is 28.0 Å². The van der Waals surface area contributed by atoms with E-state index < -0.39 is 23.9 Å². The van der Waals surface area contributed by atoms with Crippen LogP contribution in [-0.2, 0) is 20.7 Å². The standard InChI is InChI=1S/C20H23FN2O5/c1-12-15(13(2)28-22-12)8-9-19(24)23-11-14(10-17(23)20(25)26-3)27-18-7-5-4-6-16(18)21/h4-7,14,17H,8-11H2,1-3H3/t14-,17+/m1/s1. The first-order valence-corrected chi connectivity index (χ1v) is 9.11. The Bertz CT molecular complexity index is 847. The molecule has 0 N–H and O–H groups in total. The molecule has 1 saturated heterocycles. The van der Waals surface area contributed by atoms with E-state index in [2.05, 4.69) is 5.16 Å². The minimum Gasteiger partial charge on any atom is -0.485 e. The average Bonchev–Trinajstić information content (AvgIpc) is 3.24. The molecule has 28 heavy (non-hydrogen) atoms. The Hall–Kier alpha value is -2.90. The van der Waals surface area contributed by atoms with Crippen LogP contribution < -0.4 is 4.74 Å². The summed E-state index contributed by atoms with van der Waals surface area (Å²) in [6.07, 6.45) is 0.411. The summed E-state index contributed by atoms with van der Waals surface area (Å²) in [4.78, 5) is 26.4. The molecule has 0 bridgehead atoms. The van der Waals surface area contributed by atoms with Gasteiger partial charge in [0.2, 0.25) is 5.91 Å². The number of esters is 1. The van der Waals surface area contributed by atoms with Gasteiger partial charge in [0.1, 0.15) is 17.9 Å². The van der Waals surface area contributed by atoms with E-state index in [1.807, 2.05) is 6.92 Å². The molecule has 0 saturated carbocycles. The number of hydrogen-bond donors (Lipinski definition) is 0. The third kappa shape index (κ3) is 4.16. The van der Waals surface area contributed by atoms with E-state index in [9.17, 15) is 14.0 Å². The highest BCUT2D eigenvalue weighted by Gasteiger charge is 2.41. The lowest BCUT2D eigenvalue weighted by atomic mass is 10.1. The van der Waals surface area contributed by atoms with Gasteiger partial charge < -0.3 is 18.9 Å². The van der Waals surface area contributed by atoms with Crippen LogP contribution in [0.15, 0.2) is 28.8 Å². The number of methoxy groups -OCH3 is 1. The lowest BCUT2D eigenvalue weighted by Gasteiger charge is -2.22. The van der Waals surface area contributed by atoms with Crippen molar-refractivity contribution in [2.24, 2.45) is 0 Å². The summed E-state index contributed by atoms with van der Waals surface area (Å²) in [5, 5.41) is 3.89. The van der Waals surface area contributed by atoms with E-state index in [0.717, 1.165) is 11.3 Å². The molecule has 0 radical (unpaired) electrons. The fourth-order valence-corrected chi connectivity index (χ4v) is 3.47. The Kier molecular flexibility index (Phi) is 5.96. The smallest absolute Gasteiger partial charge is 0.328 e. The van der Waals surface area contributed by atoms with Crippen LogP contribution in [0.25, 0.3) is 0 Å². The molecule has 1 aliphatic heterocycles. The number of aryl methyl sites for hydroxylation is 2. The molecule has 150 valence electrons. The van der Waals surface area contributed by atoms with Crippen molar-refractivity contribution >= 4 is 11.9 Å². The number of benzene rings is 1. The molecule has 1 amide bonds. The third-order valence-electron chi connectivity index (χ3n) is 4.96. The molecule has 1 aromatic heterocycles. The van der Waals surface area contributed by atoms with E-state index in [-0.39, 0.29) is 31.0 Å². The molecule has 3 rings (SSSR count). The van der Waals surface area contributed by atoms with Gasteiger partial charge in [0, 0.05) is 18.4 Å². The average molecular weight is 390 g/mol. The first-order valence-electron chi connectivity index (χ1n) is 9.11. The zero-order chi connectivity index (χ0) is 20.3. The summed E-state index contributed by atoms with van der Waals surface area (Å²) in [6.45, 7) is 3.81. The van der Waals surface area contributed by atoms with Crippen molar-refractivity contribution in [2.75, 3.05) is 13.7 Å². The van der Waals surface area contributed by atoms with Gasteiger partial charge in [0.15, 0.2) is 11.6 Å². The molecule has 1 aromatic carbocycles. The number of nitrogens with zero attached hydrogens (tertiary/aromatic N) is 2. The van der Waals surface area contributed by atoms with Crippen molar-refractivity contribution in [1.29, 1.82) is 0 Å². The third-order valence-corrected chi connectivity index (χ3v) is 4.96. The summed E-state index contributed by atoms with van der Waals surface area (Å²) in [6, 6.07) is 5.30. The minimum absolute atomic E-state index is 0.0983. The van der Waals surface area contributed by atoms with E-state index in [0.29, 0.717) is 12.2 Å². The van der Waals surface area contributed by atoms with Crippen molar-refractivity contribution in [3.63, 3.8) is 0 Å². The van der Waals surface area contributed by atoms with Crippen molar-refractivity contribution in [3.8, 4) is 5.75 Å². The highest BCUT2D eigenvalue weighted by molar-refractivity contribution is 5.85. The Balaban J connectivity index is 1.69. The largest absolute Gasteiger partial charge is 0.485 e. The zero-order valence-corrected chi connectivity index (χ0v) is 16.1. The molecule has 2 aromatic rings. The molecular weight excluding hydrogens is 367 g/mol. The van der Waals surface area contributed by atoms with Crippen LogP contribution >= 0.6 is 0 Å². The van der Waals surface area contributed by atoms with Gasteiger partial charge in [0.25, 0.3) is 0 Å². The number of rotatable bonds is 6. The van der Waals surface area contributed by atoms with Crippen LogP contribution in [0.3, 0.4) is 0 Å². The normalized spacial score (nSPS) is 18.9. The van der Waals surface area contributed by atoms with Crippen molar-refractivity contribution in [1.82, 2.24) is 10.1 Å². The Morgan fingerprint density at radius 1 is 1.32 bits per heavy atom. The maximum atomic E-state index is 13.9. The van der Waals surface area contributed by atoms with Crippen LogP contribution in [0.5, 0.6) is 5.75 Å². The number of carbonyl (C=O) groups excluding carboxylic acids is 2. The van der Waals surface area contributed by atoms with E-state index in [1.165, 1.54) is 24.1 Å². The molecule has 0 aliphatic carbocycles. The van der Waals surface area contributed by atoms with Crippen LogP contribution in [0, 0.1) is 19.7 Å². The van der Waals surface area contributed by atoms with Gasteiger partial charge in [0.05, 0.1) is 19.3 Å². The highest BCUT2D eigenvalue weighted by Crippen LogP contribution is 2.26. The first-order chi connectivity index (χ1) is 13.4. The van der Waals surface area contributed by atoms with E-state index in [1.54, 1.807) is 19.1 Å². The molecule has 2 heterocycles. The summed E-state index contributed by atoms with van der Waals surface area (Å²) in [5.41, 5.74) is 1.64. The Morgan fingerprint density at radius 3 is 2.71 bits per heavy atom. The molecule has 8 heteroatoms. The zero-order valence-electron chi connectivity index (χ0n) is 16.1. The molecule has 1 aliphatic rings. The van der Waals surface area contributed by atoms with Crippen molar-refractivity contribution in [3.05, 3.63) is 47.1 Å². The highest BCUT2D eigenvalue weighted by atomic mass is 19.1. The van der Waals surface area contributed by atoms with Gasteiger partial charge in [-0.1, -0.05) is 17.3 Å². The number of carbonyl (C=O) groups is 2. The van der Waals surface area contributed by atoms with Crippen LogP contribution in [0.2, 0.25) is 0 Å².